The van der Waals surface area contributed by atoms with Crippen molar-refractivity contribution in [1.29, 1.82) is 0 Å². The summed E-state index contributed by atoms with van der Waals surface area (Å²) in [4.78, 5) is 0. The molecule has 0 aliphatic heterocycles. The smallest absolute Gasteiger partial charge is 0.0743 e. The zero-order valence-corrected chi connectivity index (χ0v) is 10.3. The molecule has 0 spiro atoms. The Morgan fingerprint density at radius 1 is 1.40 bits per heavy atom. The fraction of sp³-hybridized carbons (Fsp3) is 0.333. The van der Waals surface area contributed by atoms with Gasteiger partial charge in [0.1, 0.15) is 0 Å². The topological polar surface area (TPSA) is 12.0 Å². The van der Waals surface area contributed by atoms with Crippen LogP contribution in [0.2, 0.25) is 10.0 Å². The molecule has 0 aliphatic carbocycles. The van der Waals surface area contributed by atoms with E-state index in [4.69, 9.17) is 29.6 Å². The summed E-state index contributed by atoms with van der Waals surface area (Å²) in [6, 6.07) is 5.38. The molecule has 1 rings (SSSR count). The normalized spacial score (nSPS) is 11.1. The van der Waals surface area contributed by atoms with Gasteiger partial charge in [-0.1, -0.05) is 29.1 Å². The first-order valence-corrected chi connectivity index (χ1v) is 5.37. The molecule has 0 atom stereocenters. The molecule has 0 saturated heterocycles. The van der Waals surface area contributed by atoms with Crippen LogP contribution < -0.4 is 5.32 Å². The van der Waals surface area contributed by atoms with Gasteiger partial charge < -0.3 is 0 Å². The fourth-order valence-electron chi connectivity index (χ4n) is 1.05. The number of hydrogen-bond acceptors (Lipinski definition) is 1. The Morgan fingerprint density at radius 3 is 2.67 bits per heavy atom. The Hall–Kier alpha value is -0.680. The predicted molar refractivity (Wildman–Crippen MR) is 66.2 cm³/mol. The van der Waals surface area contributed by atoms with E-state index < -0.39 is 0 Å². The molecule has 0 radical (unpaired) electrons. The Labute approximate surface area is 101 Å². The van der Waals surface area contributed by atoms with Crippen LogP contribution in [-0.4, -0.2) is 5.54 Å². The lowest BCUT2D eigenvalue weighted by Gasteiger charge is -2.20. The third kappa shape index (κ3) is 3.76. The summed E-state index contributed by atoms with van der Waals surface area (Å²) in [5.41, 5.74) is 0.610. The highest BCUT2D eigenvalue weighted by Crippen LogP contribution is 2.20. The summed E-state index contributed by atoms with van der Waals surface area (Å²) < 4.78 is 0. The summed E-state index contributed by atoms with van der Waals surface area (Å²) >= 11 is 11.9. The monoisotopic (exact) mass is 241 g/mol. The van der Waals surface area contributed by atoms with Crippen molar-refractivity contribution in [2.45, 2.75) is 25.9 Å². The number of hydrogen-bond donors (Lipinski definition) is 1. The van der Waals surface area contributed by atoms with E-state index in [1.807, 2.05) is 19.9 Å². The van der Waals surface area contributed by atoms with Crippen molar-refractivity contribution in [3.63, 3.8) is 0 Å². The maximum absolute atomic E-state index is 6.02. The molecular formula is C12H13Cl2N. The van der Waals surface area contributed by atoms with Crippen LogP contribution in [0.4, 0.5) is 0 Å². The van der Waals surface area contributed by atoms with Crippen LogP contribution in [0.3, 0.4) is 0 Å². The summed E-state index contributed by atoms with van der Waals surface area (Å²) in [6.45, 7) is 4.48. The minimum atomic E-state index is -0.342. The lowest BCUT2D eigenvalue weighted by Crippen LogP contribution is -2.36. The van der Waals surface area contributed by atoms with E-state index in [2.05, 4.69) is 11.2 Å². The largest absolute Gasteiger partial charge is 0.297 e. The molecule has 1 aromatic carbocycles. The van der Waals surface area contributed by atoms with E-state index in [1.54, 1.807) is 12.1 Å². The van der Waals surface area contributed by atoms with E-state index in [1.165, 1.54) is 0 Å². The Kier molecular flexibility index (Phi) is 4.04. The molecule has 0 aliphatic rings. The molecule has 1 aromatic rings. The van der Waals surface area contributed by atoms with E-state index >= 15 is 0 Å². The molecule has 0 unspecified atom stereocenters. The molecular weight excluding hydrogens is 229 g/mol. The van der Waals surface area contributed by atoms with E-state index in [9.17, 15) is 0 Å². The number of nitrogens with one attached hydrogen (secondary N) is 1. The first kappa shape index (κ1) is 12.4. The van der Waals surface area contributed by atoms with Gasteiger partial charge in [-0.25, -0.2) is 0 Å². The Bertz CT molecular complexity index is 391. The lowest BCUT2D eigenvalue weighted by atomic mass is 10.1. The molecule has 15 heavy (non-hydrogen) atoms. The molecule has 0 amide bonds. The quantitative estimate of drug-likeness (QED) is 0.800. The van der Waals surface area contributed by atoms with Gasteiger partial charge in [0.2, 0.25) is 0 Å². The van der Waals surface area contributed by atoms with Crippen LogP contribution in [-0.2, 0) is 6.54 Å². The van der Waals surface area contributed by atoms with E-state index in [-0.39, 0.29) is 5.54 Å². The first-order chi connectivity index (χ1) is 6.94. The summed E-state index contributed by atoms with van der Waals surface area (Å²) in [6.07, 6.45) is 5.37. The minimum absolute atomic E-state index is 0.342. The van der Waals surface area contributed by atoms with Gasteiger partial charge in [-0.3, -0.25) is 5.32 Å². The molecule has 0 aromatic heterocycles. The molecule has 0 saturated carbocycles. The van der Waals surface area contributed by atoms with Crippen molar-refractivity contribution in [3.05, 3.63) is 33.8 Å². The van der Waals surface area contributed by atoms with E-state index in [0.717, 1.165) is 5.56 Å². The number of benzene rings is 1. The number of rotatable bonds is 3. The minimum Gasteiger partial charge on any atom is -0.297 e. The van der Waals surface area contributed by atoms with Crippen LogP contribution in [0.5, 0.6) is 0 Å². The van der Waals surface area contributed by atoms with Crippen LogP contribution in [0, 0.1) is 12.3 Å². The zero-order valence-electron chi connectivity index (χ0n) is 8.77. The Balaban J connectivity index is 2.74. The van der Waals surface area contributed by atoms with Gasteiger partial charge in [-0.05, 0) is 37.6 Å². The highest BCUT2D eigenvalue weighted by atomic mass is 35.5. The third-order valence-electron chi connectivity index (χ3n) is 2.09. The van der Waals surface area contributed by atoms with Crippen LogP contribution >= 0.6 is 23.2 Å². The molecule has 3 heteroatoms. The molecule has 0 bridgehead atoms. The van der Waals surface area contributed by atoms with Crippen molar-refractivity contribution >= 4 is 23.2 Å². The highest BCUT2D eigenvalue weighted by Gasteiger charge is 2.13. The van der Waals surface area contributed by atoms with Crippen molar-refractivity contribution in [3.8, 4) is 12.3 Å². The van der Waals surface area contributed by atoms with E-state index in [0.29, 0.717) is 16.6 Å². The van der Waals surface area contributed by atoms with Gasteiger partial charge in [0, 0.05) is 16.6 Å². The maximum atomic E-state index is 6.02. The van der Waals surface area contributed by atoms with Crippen LogP contribution in [0.15, 0.2) is 18.2 Å². The second kappa shape index (κ2) is 4.90. The summed E-state index contributed by atoms with van der Waals surface area (Å²) in [7, 11) is 0. The second-order valence-corrected chi connectivity index (χ2v) is 4.70. The van der Waals surface area contributed by atoms with Gasteiger partial charge in [0.25, 0.3) is 0 Å². The number of terminal acetylenes is 1. The SMILES string of the molecule is C#CC(C)(C)NCc1cc(Cl)ccc1Cl. The second-order valence-electron chi connectivity index (χ2n) is 3.86. The molecule has 0 heterocycles. The lowest BCUT2D eigenvalue weighted by molar-refractivity contribution is 0.491. The first-order valence-electron chi connectivity index (χ1n) is 4.61. The van der Waals surface area contributed by atoms with Gasteiger partial charge in [-0.2, -0.15) is 0 Å². The van der Waals surface area contributed by atoms with Crippen LogP contribution in [0.1, 0.15) is 19.4 Å². The van der Waals surface area contributed by atoms with Gasteiger partial charge in [-0.15, -0.1) is 6.42 Å². The summed E-state index contributed by atoms with van der Waals surface area (Å²) in [5.74, 6) is 2.66. The fourth-order valence-corrected chi connectivity index (χ4v) is 1.43. The zero-order chi connectivity index (χ0) is 11.5. The molecule has 1 N–H and O–H groups in total. The van der Waals surface area contributed by atoms with Crippen molar-refractivity contribution in [1.82, 2.24) is 5.32 Å². The average molecular weight is 242 g/mol. The van der Waals surface area contributed by atoms with Crippen molar-refractivity contribution in [2.24, 2.45) is 0 Å². The standard InChI is InChI=1S/C12H13Cl2N/c1-4-12(2,3)15-8-9-7-10(13)5-6-11(9)14/h1,5-7,15H,8H2,2-3H3. The molecule has 80 valence electrons. The number of halogens is 2. The third-order valence-corrected chi connectivity index (χ3v) is 2.69. The van der Waals surface area contributed by atoms with Crippen LogP contribution in [0.25, 0.3) is 0 Å². The maximum Gasteiger partial charge on any atom is 0.0743 e. The van der Waals surface area contributed by atoms with Crippen molar-refractivity contribution in [2.75, 3.05) is 0 Å². The predicted octanol–water partition coefficient (Wildman–Crippen LogP) is 3.49. The average Bonchev–Trinajstić information content (AvgIpc) is 2.20. The van der Waals surface area contributed by atoms with Gasteiger partial charge in [0.15, 0.2) is 0 Å². The summed E-state index contributed by atoms with van der Waals surface area (Å²) in [5, 5.41) is 4.58. The van der Waals surface area contributed by atoms with Crippen molar-refractivity contribution < 1.29 is 0 Å². The highest BCUT2D eigenvalue weighted by molar-refractivity contribution is 6.33. The Morgan fingerprint density at radius 2 is 2.07 bits per heavy atom. The molecule has 1 nitrogen and oxygen atoms in total. The molecule has 0 fully saturated rings. The van der Waals surface area contributed by atoms with Gasteiger partial charge in [0.05, 0.1) is 5.54 Å². The van der Waals surface area contributed by atoms with Gasteiger partial charge >= 0.3 is 0 Å².